The standard InChI is InChI=1S/C9H15NO/c1-7-4-5-10(9(3)11)6-8(7)2/h4-6H2,1-3H3. The maximum absolute atomic E-state index is 11.0. The quantitative estimate of drug-likeness (QED) is 0.484. The van der Waals surface area contributed by atoms with Crippen LogP contribution in [0, 0.1) is 0 Å². The third-order valence-corrected chi connectivity index (χ3v) is 2.36. The van der Waals surface area contributed by atoms with E-state index in [4.69, 9.17) is 0 Å². The van der Waals surface area contributed by atoms with Crippen molar-refractivity contribution >= 4 is 5.91 Å². The minimum atomic E-state index is 0.192. The third kappa shape index (κ3) is 1.82. The molecule has 0 aromatic carbocycles. The second-order valence-corrected chi connectivity index (χ2v) is 3.25. The Morgan fingerprint density at radius 3 is 2.45 bits per heavy atom. The molecule has 1 aliphatic heterocycles. The van der Waals surface area contributed by atoms with Crippen LogP contribution >= 0.6 is 0 Å². The molecule has 1 heterocycles. The average molecular weight is 153 g/mol. The first-order valence-corrected chi connectivity index (χ1v) is 4.02. The second kappa shape index (κ2) is 3.07. The number of rotatable bonds is 0. The van der Waals surface area contributed by atoms with Crippen molar-refractivity contribution in [3.63, 3.8) is 0 Å². The highest BCUT2D eigenvalue weighted by atomic mass is 16.2. The Balaban J connectivity index is 2.64. The van der Waals surface area contributed by atoms with Crippen LogP contribution in [0.25, 0.3) is 0 Å². The molecule has 0 aliphatic carbocycles. The molecule has 2 heteroatoms. The molecule has 2 nitrogen and oxygen atoms in total. The Kier molecular flexibility index (Phi) is 2.32. The van der Waals surface area contributed by atoms with Crippen molar-refractivity contribution in [1.82, 2.24) is 4.90 Å². The summed E-state index contributed by atoms with van der Waals surface area (Å²) in [5.41, 5.74) is 2.80. The van der Waals surface area contributed by atoms with Gasteiger partial charge in [0.15, 0.2) is 0 Å². The molecule has 0 aromatic rings. The highest BCUT2D eigenvalue weighted by Gasteiger charge is 2.14. The van der Waals surface area contributed by atoms with Gasteiger partial charge in [0, 0.05) is 20.0 Å². The fraction of sp³-hybridized carbons (Fsp3) is 0.667. The SMILES string of the molecule is CC(=O)N1CCC(C)=C(C)C1. The molecule has 0 saturated carbocycles. The van der Waals surface area contributed by atoms with Crippen LogP contribution in [-0.4, -0.2) is 23.9 Å². The Morgan fingerprint density at radius 1 is 1.36 bits per heavy atom. The lowest BCUT2D eigenvalue weighted by Gasteiger charge is -2.27. The Bertz CT molecular complexity index is 206. The number of amides is 1. The maximum atomic E-state index is 11.0. The minimum absolute atomic E-state index is 0.192. The van der Waals surface area contributed by atoms with Crippen molar-refractivity contribution in [3.05, 3.63) is 11.1 Å². The summed E-state index contributed by atoms with van der Waals surface area (Å²) < 4.78 is 0. The summed E-state index contributed by atoms with van der Waals surface area (Å²) in [4.78, 5) is 12.8. The van der Waals surface area contributed by atoms with E-state index in [2.05, 4.69) is 13.8 Å². The van der Waals surface area contributed by atoms with E-state index in [1.165, 1.54) is 11.1 Å². The number of nitrogens with zero attached hydrogens (tertiary/aromatic N) is 1. The van der Waals surface area contributed by atoms with Crippen LogP contribution in [0.2, 0.25) is 0 Å². The van der Waals surface area contributed by atoms with Gasteiger partial charge in [0.2, 0.25) is 5.91 Å². The van der Waals surface area contributed by atoms with Crippen LogP contribution in [0.1, 0.15) is 27.2 Å². The molecule has 0 radical (unpaired) electrons. The molecule has 0 aromatic heterocycles. The zero-order chi connectivity index (χ0) is 8.43. The first-order chi connectivity index (χ1) is 5.11. The lowest BCUT2D eigenvalue weighted by atomic mass is 10.0. The summed E-state index contributed by atoms with van der Waals surface area (Å²) in [5.74, 6) is 0.192. The summed E-state index contributed by atoms with van der Waals surface area (Å²) >= 11 is 0. The summed E-state index contributed by atoms with van der Waals surface area (Å²) in [6, 6.07) is 0. The van der Waals surface area contributed by atoms with Gasteiger partial charge in [0.05, 0.1) is 0 Å². The van der Waals surface area contributed by atoms with Gasteiger partial charge < -0.3 is 4.90 Å². The predicted octanol–water partition coefficient (Wildman–Crippen LogP) is 1.58. The molecule has 0 saturated heterocycles. The van der Waals surface area contributed by atoms with Gasteiger partial charge in [-0.3, -0.25) is 4.79 Å². The lowest BCUT2D eigenvalue weighted by Crippen LogP contribution is -2.34. The van der Waals surface area contributed by atoms with Crippen molar-refractivity contribution in [2.75, 3.05) is 13.1 Å². The molecule has 1 rings (SSSR count). The lowest BCUT2D eigenvalue weighted by molar-refractivity contribution is -0.128. The molecule has 1 amide bonds. The monoisotopic (exact) mass is 153 g/mol. The van der Waals surface area contributed by atoms with Crippen LogP contribution in [0.3, 0.4) is 0 Å². The molecule has 0 unspecified atom stereocenters. The van der Waals surface area contributed by atoms with Gasteiger partial charge in [-0.1, -0.05) is 11.1 Å². The molecule has 62 valence electrons. The molecule has 0 atom stereocenters. The van der Waals surface area contributed by atoms with E-state index in [-0.39, 0.29) is 5.91 Å². The molecule has 0 fully saturated rings. The molecule has 0 bridgehead atoms. The molecule has 0 spiro atoms. The zero-order valence-corrected chi connectivity index (χ0v) is 7.48. The van der Waals surface area contributed by atoms with Crippen molar-refractivity contribution in [2.45, 2.75) is 27.2 Å². The van der Waals surface area contributed by atoms with Gasteiger partial charge >= 0.3 is 0 Å². The minimum Gasteiger partial charge on any atom is -0.339 e. The summed E-state index contributed by atoms with van der Waals surface area (Å²) in [5, 5.41) is 0. The first-order valence-electron chi connectivity index (χ1n) is 4.02. The number of carbonyl (C=O) groups is 1. The van der Waals surface area contributed by atoms with E-state index in [0.717, 1.165) is 19.5 Å². The van der Waals surface area contributed by atoms with Gasteiger partial charge in [-0.25, -0.2) is 0 Å². The summed E-state index contributed by atoms with van der Waals surface area (Å²) in [6.45, 7) is 7.62. The molecule has 1 aliphatic rings. The van der Waals surface area contributed by atoms with E-state index < -0.39 is 0 Å². The normalized spacial score (nSPS) is 19.0. The predicted molar refractivity (Wildman–Crippen MR) is 45.2 cm³/mol. The average Bonchev–Trinajstić information content (AvgIpc) is 1.94. The molecule has 11 heavy (non-hydrogen) atoms. The van der Waals surface area contributed by atoms with Crippen molar-refractivity contribution in [1.29, 1.82) is 0 Å². The Labute approximate surface area is 67.9 Å². The van der Waals surface area contributed by atoms with Gasteiger partial charge in [0.25, 0.3) is 0 Å². The molecular formula is C9H15NO. The summed E-state index contributed by atoms with van der Waals surface area (Å²) in [6.07, 6.45) is 1.05. The van der Waals surface area contributed by atoms with Gasteiger partial charge in [0.1, 0.15) is 0 Å². The fourth-order valence-corrected chi connectivity index (χ4v) is 1.29. The van der Waals surface area contributed by atoms with Crippen LogP contribution in [0.4, 0.5) is 0 Å². The number of hydrogen-bond donors (Lipinski definition) is 0. The van der Waals surface area contributed by atoms with E-state index in [9.17, 15) is 4.79 Å². The maximum Gasteiger partial charge on any atom is 0.219 e. The van der Waals surface area contributed by atoms with Crippen LogP contribution in [0.15, 0.2) is 11.1 Å². The first kappa shape index (κ1) is 8.31. The fourth-order valence-electron chi connectivity index (χ4n) is 1.29. The highest BCUT2D eigenvalue weighted by molar-refractivity contribution is 5.73. The molecule has 0 N–H and O–H groups in total. The van der Waals surface area contributed by atoms with Crippen LogP contribution in [0.5, 0.6) is 0 Å². The van der Waals surface area contributed by atoms with E-state index in [1.807, 2.05) is 4.90 Å². The largest absolute Gasteiger partial charge is 0.339 e. The molecular weight excluding hydrogens is 138 g/mol. The van der Waals surface area contributed by atoms with Gasteiger partial charge in [-0.15, -0.1) is 0 Å². The summed E-state index contributed by atoms with van der Waals surface area (Å²) in [7, 11) is 0. The van der Waals surface area contributed by atoms with E-state index >= 15 is 0 Å². The Morgan fingerprint density at radius 2 is 2.00 bits per heavy atom. The van der Waals surface area contributed by atoms with Gasteiger partial charge in [-0.05, 0) is 20.3 Å². The highest BCUT2D eigenvalue weighted by Crippen LogP contribution is 2.16. The van der Waals surface area contributed by atoms with Crippen LogP contribution in [-0.2, 0) is 4.79 Å². The van der Waals surface area contributed by atoms with Crippen molar-refractivity contribution < 1.29 is 4.79 Å². The number of hydrogen-bond acceptors (Lipinski definition) is 1. The topological polar surface area (TPSA) is 20.3 Å². The Hall–Kier alpha value is -0.790. The van der Waals surface area contributed by atoms with Crippen molar-refractivity contribution in [2.24, 2.45) is 0 Å². The van der Waals surface area contributed by atoms with Gasteiger partial charge in [-0.2, -0.15) is 0 Å². The van der Waals surface area contributed by atoms with Crippen LogP contribution < -0.4 is 0 Å². The second-order valence-electron chi connectivity index (χ2n) is 3.25. The number of carbonyl (C=O) groups excluding carboxylic acids is 1. The van der Waals surface area contributed by atoms with E-state index in [1.54, 1.807) is 6.92 Å². The zero-order valence-electron chi connectivity index (χ0n) is 7.48. The third-order valence-electron chi connectivity index (χ3n) is 2.36. The smallest absolute Gasteiger partial charge is 0.219 e. The van der Waals surface area contributed by atoms with E-state index in [0.29, 0.717) is 0 Å². The van der Waals surface area contributed by atoms with Crippen molar-refractivity contribution in [3.8, 4) is 0 Å².